The van der Waals surface area contributed by atoms with Crippen molar-refractivity contribution in [2.24, 2.45) is 5.73 Å². The molecule has 0 spiro atoms. The maximum Gasteiger partial charge on any atom is 0.200 e. The first-order chi connectivity index (χ1) is 13.2. The fourth-order valence-electron chi connectivity index (χ4n) is 2.62. The van der Waals surface area contributed by atoms with Crippen LogP contribution < -0.4 is 15.8 Å². The van der Waals surface area contributed by atoms with Gasteiger partial charge in [-0.1, -0.05) is 0 Å². The summed E-state index contributed by atoms with van der Waals surface area (Å²) in [6.07, 6.45) is 3.84. The molecule has 0 amide bonds. The summed E-state index contributed by atoms with van der Waals surface area (Å²) in [5, 5.41) is 20.4. The van der Waals surface area contributed by atoms with Gasteiger partial charge in [0.25, 0.3) is 0 Å². The van der Waals surface area contributed by atoms with Crippen molar-refractivity contribution in [3.05, 3.63) is 53.2 Å². The minimum atomic E-state index is 0.296. The topological polar surface area (TPSA) is 130 Å². The zero-order valence-electron chi connectivity index (χ0n) is 15.0. The number of nitrogens with zero attached hydrogens (tertiary/aromatic N) is 3. The van der Waals surface area contributed by atoms with Crippen LogP contribution in [0.25, 0.3) is 11.4 Å². The van der Waals surface area contributed by atoms with Crippen molar-refractivity contribution in [3.8, 4) is 23.2 Å². The summed E-state index contributed by atoms with van der Waals surface area (Å²) < 4.78 is 11.5. The molecule has 1 aromatic heterocycles. The van der Waals surface area contributed by atoms with E-state index in [9.17, 15) is 5.26 Å². The number of aromatic nitrogens is 2. The first-order valence-corrected chi connectivity index (χ1v) is 8.46. The second kappa shape index (κ2) is 8.40. The van der Waals surface area contributed by atoms with Crippen LogP contribution in [-0.2, 0) is 11.3 Å². The highest BCUT2D eigenvalue weighted by molar-refractivity contribution is 5.99. The number of nitrogens with two attached hydrogens (primary N) is 1. The number of hydrogen-bond acceptors (Lipinski definition) is 8. The Morgan fingerprint density at radius 1 is 1.41 bits per heavy atom. The van der Waals surface area contributed by atoms with Crippen molar-refractivity contribution in [1.82, 2.24) is 15.3 Å². The average molecular weight is 364 g/mol. The Hall–Kier alpha value is -3.28. The predicted octanol–water partition coefficient (Wildman–Crippen LogP) is 1.72. The summed E-state index contributed by atoms with van der Waals surface area (Å²) >= 11 is 0. The summed E-state index contributed by atoms with van der Waals surface area (Å²) in [4.78, 5) is 8.68. The molecule has 2 heterocycles. The van der Waals surface area contributed by atoms with E-state index >= 15 is 0 Å². The minimum absolute atomic E-state index is 0.296. The second-order valence-electron chi connectivity index (χ2n) is 5.88. The van der Waals surface area contributed by atoms with Gasteiger partial charge in [0.1, 0.15) is 5.75 Å². The zero-order chi connectivity index (χ0) is 19.2. The van der Waals surface area contributed by atoms with E-state index in [2.05, 4.69) is 21.4 Å². The Morgan fingerprint density at radius 2 is 2.19 bits per heavy atom. The van der Waals surface area contributed by atoms with Gasteiger partial charge in [-0.15, -0.1) is 0 Å². The van der Waals surface area contributed by atoms with Gasteiger partial charge in [0.15, 0.2) is 5.82 Å². The molecule has 8 nitrogen and oxygen atoms in total. The highest BCUT2D eigenvalue weighted by atomic mass is 16.5. The molecule has 1 aliphatic rings. The molecule has 8 heteroatoms. The summed E-state index contributed by atoms with van der Waals surface area (Å²) in [5.74, 6) is 1.29. The lowest BCUT2D eigenvalue weighted by Gasteiger charge is -2.21. The molecule has 4 N–H and O–H groups in total. The first-order valence-electron chi connectivity index (χ1n) is 8.46. The third-order valence-electron chi connectivity index (χ3n) is 4.11. The Bertz CT molecular complexity index is 915. The number of rotatable bonds is 5. The molecule has 1 aliphatic heterocycles. The molecule has 0 radical (unpaired) electrons. The van der Waals surface area contributed by atoms with Crippen LogP contribution in [-0.4, -0.2) is 35.9 Å². The van der Waals surface area contributed by atoms with E-state index in [1.54, 1.807) is 37.6 Å². The molecule has 2 aromatic rings. The maximum absolute atomic E-state index is 9.24. The molecule has 27 heavy (non-hydrogen) atoms. The molecule has 3 rings (SSSR count). The third-order valence-corrected chi connectivity index (χ3v) is 4.11. The van der Waals surface area contributed by atoms with Crippen molar-refractivity contribution >= 4 is 5.71 Å². The Kier molecular flexibility index (Phi) is 5.76. The highest BCUT2D eigenvalue weighted by Gasteiger charge is 2.20. The second-order valence-corrected chi connectivity index (χ2v) is 5.88. The summed E-state index contributed by atoms with van der Waals surface area (Å²) in [7, 11) is 1.71. The van der Waals surface area contributed by atoms with Gasteiger partial charge in [-0.2, -0.15) is 5.26 Å². The molecule has 0 bridgehead atoms. The van der Waals surface area contributed by atoms with Crippen LogP contribution in [0.4, 0.5) is 0 Å². The Morgan fingerprint density at radius 3 is 2.81 bits per heavy atom. The van der Waals surface area contributed by atoms with Crippen molar-refractivity contribution in [1.29, 1.82) is 10.7 Å². The molecule has 1 saturated heterocycles. The smallest absolute Gasteiger partial charge is 0.200 e. The number of nitrogens with one attached hydrogen (secondary N) is 2. The lowest BCUT2D eigenvalue weighted by Crippen LogP contribution is -2.26. The van der Waals surface area contributed by atoms with Gasteiger partial charge in [0, 0.05) is 43.7 Å². The van der Waals surface area contributed by atoms with Crippen LogP contribution in [0.1, 0.15) is 17.5 Å². The Labute approximate surface area is 157 Å². The van der Waals surface area contributed by atoms with E-state index in [0.717, 1.165) is 5.56 Å². The molecule has 1 fully saturated rings. The van der Waals surface area contributed by atoms with Crippen LogP contribution in [0.2, 0.25) is 0 Å². The van der Waals surface area contributed by atoms with Gasteiger partial charge in [-0.05, 0) is 18.2 Å². The van der Waals surface area contributed by atoms with E-state index in [4.69, 9.17) is 20.6 Å². The maximum atomic E-state index is 9.24. The number of hydrogen-bond donors (Lipinski definition) is 3. The van der Waals surface area contributed by atoms with Gasteiger partial charge in [-0.25, -0.2) is 9.97 Å². The van der Waals surface area contributed by atoms with Gasteiger partial charge in [-0.3, -0.25) is 0 Å². The van der Waals surface area contributed by atoms with Crippen LogP contribution >= 0.6 is 0 Å². The highest BCUT2D eigenvalue weighted by Crippen LogP contribution is 2.30. The summed E-state index contributed by atoms with van der Waals surface area (Å²) in [5.41, 5.74) is 8.61. The van der Waals surface area contributed by atoms with Crippen molar-refractivity contribution < 1.29 is 9.47 Å². The molecule has 0 atom stereocenters. The molecular formula is C19H20N6O2. The van der Waals surface area contributed by atoms with E-state index in [-0.39, 0.29) is 0 Å². The molecule has 0 unspecified atom stereocenters. The van der Waals surface area contributed by atoms with Crippen LogP contribution in [0.3, 0.4) is 0 Å². The van der Waals surface area contributed by atoms with Gasteiger partial charge in [0.05, 0.1) is 36.0 Å². The fourth-order valence-corrected chi connectivity index (χ4v) is 2.62. The largest absolute Gasteiger partial charge is 0.440 e. The fraction of sp³-hybridized carbons (Fsp3) is 0.263. The van der Waals surface area contributed by atoms with Crippen molar-refractivity contribution in [2.75, 3.05) is 20.3 Å². The van der Waals surface area contributed by atoms with E-state index < -0.39 is 0 Å². The first kappa shape index (κ1) is 18.5. The lowest BCUT2D eigenvalue weighted by atomic mass is 10.1. The monoisotopic (exact) mass is 364 g/mol. The van der Waals surface area contributed by atoms with Gasteiger partial charge < -0.3 is 25.9 Å². The van der Waals surface area contributed by atoms with Crippen LogP contribution in [0.5, 0.6) is 5.75 Å². The molecule has 0 saturated carbocycles. The molecule has 1 aromatic carbocycles. The number of benzene rings is 1. The standard InChI is InChI=1S/C19H20N6O2/c1-23-19(15-11-26-5-4-16(15)22)27-17-6-12(7-20)2-3-14(17)18-24-9-13(8-21)10-25-18/h2-3,6,9-10,22-23H,4-5,8,11,21H2,1H3/b19-15+,22-16?. The van der Waals surface area contributed by atoms with Crippen molar-refractivity contribution in [3.63, 3.8) is 0 Å². The van der Waals surface area contributed by atoms with Crippen molar-refractivity contribution in [2.45, 2.75) is 13.0 Å². The lowest BCUT2D eigenvalue weighted by molar-refractivity contribution is 0.153. The van der Waals surface area contributed by atoms with Crippen LogP contribution in [0, 0.1) is 16.7 Å². The molecular weight excluding hydrogens is 344 g/mol. The number of nitriles is 1. The normalized spacial score (nSPS) is 15.8. The van der Waals surface area contributed by atoms with E-state index in [1.807, 2.05) is 0 Å². The van der Waals surface area contributed by atoms with Crippen LogP contribution in [0.15, 0.2) is 42.0 Å². The minimum Gasteiger partial charge on any atom is -0.440 e. The zero-order valence-corrected chi connectivity index (χ0v) is 15.0. The summed E-state index contributed by atoms with van der Waals surface area (Å²) in [6, 6.07) is 7.15. The third kappa shape index (κ3) is 4.11. The number of ether oxygens (including phenoxy) is 2. The van der Waals surface area contributed by atoms with Gasteiger partial charge >= 0.3 is 0 Å². The van der Waals surface area contributed by atoms with E-state index in [0.29, 0.717) is 66.0 Å². The SMILES string of the molecule is CN/C(Oc1cc(C#N)ccc1-c1ncc(CN)cn1)=C1/COCCC1=N. The van der Waals surface area contributed by atoms with Gasteiger partial charge in [0.2, 0.25) is 5.88 Å². The molecule has 138 valence electrons. The average Bonchev–Trinajstić information content (AvgIpc) is 2.72. The molecule has 0 aliphatic carbocycles. The van der Waals surface area contributed by atoms with E-state index in [1.165, 1.54) is 0 Å². The predicted molar refractivity (Wildman–Crippen MR) is 100.0 cm³/mol. The summed E-state index contributed by atoms with van der Waals surface area (Å²) in [6.45, 7) is 1.18. The Balaban J connectivity index is 2.03. The quantitative estimate of drug-likeness (QED) is 0.689.